The summed E-state index contributed by atoms with van der Waals surface area (Å²) in [5.74, 6) is -1.63. The fourth-order valence-electron chi connectivity index (χ4n) is 4.40. The van der Waals surface area contributed by atoms with E-state index in [2.05, 4.69) is 0 Å². The Balaban J connectivity index is 1.66. The maximum atomic E-state index is 13.7. The topological polar surface area (TPSA) is 50.3 Å². The molecule has 33 heavy (non-hydrogen) atoms. The van der Waals surface area contributed by atoms with Crippen molar-refractivity contribution in [1.82, 2.24) is 9.29 Å². The Hall–Kier alpha value is -2.93. The summed E-state index contributed by atoms with van der Waals surface area (Å²) in [5, 5.41) is 4.25. The van der Waals surface area contributed by atoms with Gasteiger partial charge in [0, 0.05) is 17.0 Å². The third kappa shape index (κ3) is 3.68. The van der Waals surface area contributed by atoms with Gasteiger partial charge in [0.1, 0.15) is 11.5 Å². The zero-order chi connectivity index (χ0) is 23.0. The molecule has 3 heterocycles. The van der Waals surface area contributed by atoms with Crippen molar-refractivity contribution in [1.29, 1.82) is 0 Å². The van der Waals surface area contributed by atoms with Crippen molar-refractivity contribution in [3.05, 3.63) is 111 Å². The lowest BCUT2D eigenvalue weighted by Crippen LogP contribution is -2.54. The van der Waals surface area contributed by atoms with Crippen molar-refractivity contribution in [2.45, 2.75) is 17.9 Å². The van der Waals surface area contributed by atoms with Crippen LogP contribution in [0.4, 0.5) is 0 Å². The molecule has 7 heteroatoms. The molecule has 4 nitrogen and oxygen atoms in total. The molecule has 0 bridgehead atoms. The van der Waals surface area contributed by atoms with E-state index in [9.17, 15) is 9.59 Å². The summed E-state index contributed by atoms with van der Waals surface area (Å²) in [6.07, 6.45) is 0.0418. The lowest BCUT2D eigenvalue weighted by atomic mass is 9.74. The van der Waals surface area contributed by atoms with E-state index in [1.807, 2.05) is 65.4 Å². The van der Waals surface area contributed by atoms with Gasteiger partial charge in [0.2, 0.25) is 5.91 Å². The monoisotopic (exact) mass is 490 g/mol. The first-order valence-corrected chi connectivity index (χ1v) is 12.1. The van der Waals surface area contributed by atoms with Gasteiger partial charge < -0.3 is 0 Å². The van der Waals surface area contributed by atoms with Gasteiger partial charge in [-0.15, -0.1) is 0 Å². The van der Waals surface area contributed by atoms with E-state index in [0.29, 0.717) is 16.3 Å². The smallest absolute Gasteiger partial charge is 0.248 e. The van der Waals surface area contributed by atoms with Gasteiger partial charge in [-0.1, -0.05) is 79.0 Å². The molecule has 0 aliphatic carbocycles. The molecular formula is C26H19ClN2O2S2. The minimum Gasteiger partial charge on any atom is -0.298 e. The molecule has 1 amide bonds. The molecule has 0 N–H and O–H groups in total. The number of piperidine rings is 1. The van der Waals surface area contributed by atoms with Gasteiger partial charge in [-0.2, -0.15) is 11.3 Å². The molecule has 1 saturated heterocycles. The highest BCUT2D eigenvalue weighted by Crippen LogP contribution is 2.48. The number of pyridine rings is 1. The van der Waals surface area contributed by atoms with E-state index in [0.717, 1.165) is 16.8 Å². The van der Waals surface area contributed by atoms with Crippen LogP contribution in [0.3, 0.4) is 0 Å². The first kappa shape index (κ1) is 21.9. The summed E-state index contributed by atoms with van der Waals surface area (Å²) in [4.78, 5) is 32.2. The molecule has 2 atom stereocenters. The second-order valence-corrected chi connectivity index (χ2v) is 9.48. The first-order chi connectivity index (χ1) is 16.0. The average Bonchev–Trinajstić information content (AvgIpc) is 3.39. The summed E-state index contributed by atoms with van der Waals surface area (Å²) in [7, 11) is 0. The van der Waals surface area contributed by atoms with Gasteiger partial charge in [0.05, 0.1) is 11.4 Å². The second kappa shape index (κ2) is 8.78. The van der Waals surface area contributed by atoms with Crippen molar-refractivity contribution in [3.63, 3.8) is 0 Å². The standard InChI is InChI=1S/C26H19ClN2O2S2/c27-20-10-5-4-9-19(20)24-22(30)15-26(29(32)25(24)31,18-13-14-33-16-18)23-12-6-11-21(28-23)17-7-2-1-3-8-17/h1-14,16,24,32H,15H2. The molecule has 5 rings (SSSR count). The number of Topliss-reactive ketones (excluding diaryl/α,β-unsaturated/α-hetero) is 1. The predicted molar refractivity (Wildman–Crippen MR) is 134 cm³/mol. The SMILES string of the molecule is O=C1CC(c2ccsc2)(c2cccc(-c3ccccc3)n2)N(S)C(=O)C1c1ccccc1Cl. The molecule has 1 fully saturated rings. The van der Waals surface area contributed by atoms with Gasteiger partial charge in [0.25, 0.3) is 0 Å². The van der Waals surface area contributed by atoms with Crippen LogP contribution >= 0.6 is 35.8 Å². The predicted octanol–water partition coefficient (Wildman–Crippen LogP) is 6.14. The Labute approximate surface area is 206 Å². The van der Waals surface area contributed by atoms with Gasteiger partial charge in [-0.05, 0) is 46.2 Å². The van der Waals surface area contributed by atoms with E-state index in [1.54, 1.807) is 24.3 Å². The van der Waals surface area contributed by atoms with Crippen LogP contribution in [0.5, 0.6) is 0 Å². The molecule has 2 unspecified atom stereocenters. The van der Waals surface area contributed by atoms with E-state index in [4.69, 9.17) is 29.4 Å². The molecule has 0 spiro atoms. The Morgan fingerprint density at radius 1 is 0.970 bits per heavy atom. The summed E-state index contributed by atoms with van der Waals surface area (Å²) in [6, 6.07) is 24.3. The Morgan fingerprint density at radius 3 is 2.45 bits per heavy atom. The maximum absolute atomic E-state index is 13.7. The number of ketones is 1. The molecular weight excluding hydrogens is 472 g/mol. The first-order valence-electron chi connectivity index (χ1n) is 10.4. The van der Waals surface area contributed by atoms with Crippen LogP contribution in [0.25, 0.3) is 11.3 Å². The summed E-state index contributed by atoms with van der Waals surface area (Å²) in [6.45, 7) is 0. The van der Waals surface area contributed by atoms with Crippen LogP contribution in [-0.4, -0.2) is 21.0 Å². The second-order valence-electron chi connectivity index (χ2n) is 7.89. The molecule has 2 aromatic heterocycles. The van der Waals surface area contributed by atoms with Crippen molar-refractivity contribution >= 4 is 47.4 Å². The van der Waals surface area contributed by atoms with Crippen molar-refractivity contribution in [3.8, 4) is 11.3 Å². The summed E-state index contributed by atoms with van der Waals surface area (Å²) in [5.41, 5.74) is 2.49. The zero-order valence-electron chi connectivity index (χ0n) is 17.4. The van der Waals surface area contributed by atoms with E-state index in [1.165, 1.54) is 15.6 Å². The lowest BCUT2D eigenvalue weighted by molar-refractivity contribution is -0.142. The highest BCUT2D eigenvalue weighted by Gasteiger charge is 2.53. The number of amides is 1. The molecule has 1 aliphatic heterocycles. The molecule has 1 aliphatic rings. The largest absolute Gasteiger partial charge is 0.298 e. The number of halogens is 1. The Kier molecular flexibility index (Phi) is 5.83. The average molecular weight is 491 g/mol. The number of carbonyl (C=O) groups is 2. The quantitative estimate of drug-likeness (QED) is 0.276. The third-order valence-corrected chi connectivity index (χ3v) is 7.59. The van der Waals surface area contributed by atoms with E-state index in [-0.39, 0.29) is 12.2 Å². The highest BCUT2D eigenvalue weighted by atomic mass is 35.5. The van der Waals surface area contributed by atoms with Crippen molar-refractivity contribution < 1.29 is 9.59 Å². The fraction of sp³-hybridized carbons (Fsp3) is 0.115. The third-order valence-electron chi connectivity index (χ3n) is 6.03. The fourth-order valence-corrected chi connectivity index (χ4v) is 5.77. The van der Waals surface area contributed by atoms with Crippen LogP contribution in [0.1, 0.15) is 29.2 Å². The number of thiol groups is 1. The van der Waals surface area contributed by atoms with Gasteiger partial charge in [-0.3, -0.25) is 13.9 Å². The van der Waals surface area contributed by atoms with Crippen LogP contribution in [0.15, 0.2) is 89.6 Å². The minimum absolute atomic E-state index is 0.0418. The maximum Gasteiger partial charge on any atom is 0.248 e. The number of nitrogens with zero attached hydrogens (tertiary/aromatic N) is 2. The number of thiophene rings is 1. The summed E-state index contributed by atoms with van der Waals surface area (Å²) < 4.78 is 1.38. The molecule has 4 aromatic rings. The summed E-state index contributed by atoms with van der Waals surface area (Å²) >= 11 is 12.5. The molecule has 164 valence electrons. The number of rotatable bonds is 4. The Morgan fingerprint density at radius 2 is 1.73 bits per heavy atom. The van der Waals surface area contributed by atoms with Crippen molar-refractivity contribution in [2.24, 2.45) is 0 Å². The van der Waals surface area contributed by atoms with Crippen LogP contribution in [0.2, 0.25) is 5.02 Å². The van der Waals surface area contributed by atoms with Gasteiger partial charge in [0.15, 0.2) is 5.78 Å². The minimum atomic E-state index is -1.13. The van der Waals surface area contributed by atoms with Crippen LogP contribution < -0.4 is 0 Å². The highest BCUT2D eigenvalue weighted by molar-refractivity contribution is 7.78. The number of hydrogen-bond acceptors (Lipinski definition) is 5. The Bertz CT molecular complexity index is 1330. The molecule has 0 radical (unpaired) electrons. The molecule has 2 aromatic carbocycles. The van der Waals surface area contributed by atoms with Crippen LogP contribution in [-0.2, 0) is 15.1 Å². The van der Waals surface area contributed by atoms with E-state index >= 15 is 0 Å². The van der Waals surface area contributed by atoms with E-state index < -0.39 is 17.4 Å². The molecule has 0 saturated carbocycles. The van der Waals surface area contributed by atoms with Gasteiger partial charge in [-0.25, -0.2) is 4.98 Å². The normalized spacial score (nSPS) is 20.8. The number of hydrogen-bond donors (Lipinski definition) is 1. The van der Waals surface area contributed by atoms with Crippen LogP contribution in [0, 0.1) is 0 Å². The number of aromatic nitrogens is 1. The van der Waals surface area contributed by atoms with Crippen molar-refractivity contribution in [2.75, 3.05) is 0 Å². The zero-order valence-corrected chi connectivity index (χ0v) is 19.9. The lowest BCUT2D eigenvalue weighted by Gasteiger charge is -2.45. The number of carbonyl (C=O) groups excluding carboxylic acids is 2. The number of benzene rings is 2. The van der Waals surface area contributed by atoms with Gasteiger partial charge >= 0.3 is 0 Å².